The highest BCUT2D eigenvalue weighted by atomic mass is 14.9. The van der Waals surface area contributed by atoms with Gasteiger partial charge in [-0.3, -0.25) is 0 Å². The quantitative estimate of drug-likeness (QED) is 0.761. The first-order chi connectivity index (χ1) is 7.80. The fourth-order valence-corrected chi connectivity index (χ4v) is 1.52. The van der Waals surface area contributed by atoms with Crippen LogP contribution in [-0.2, 0) is 6.54 Å². The van der Waals surface area contributed by atoms with Gasteiger partial charge in [0, 0.05) is 19.0 Å². The van der Waals surface area contributed by atoms with E-state index in [0.717, 1.165) is 24.9 Å². The molecule has 1 N–H and O–H groups in total. The third-order valence-electron chi connectivity index (χ3n) is 2.51. The lowest BCUT2D eigenvalue weighted by Crippen LogP contribution is -2.27. The molecule has 16 heavy (non-hydrogen) atoms. The van der Waals surface area contributed by atoms with Gasteiger partial charge >= 0.3 is 0 Å². The van der Waals surface area contributed by atoms with Gasteiger partial charge in [0.25, 0.3) is 0 Å². The van der Waals surface area contributed by atoms with Crippen molar-refractivity contribution in [1.82, 2.24) is 5.32 Å². The zero-order valence-electron chi connectivity index (χ0n) is 9.53. The number of benzene rings is 1. The minimum atomic E-state index is 0.357. The zero-order chi connectivity index (χ0) is 11.8. The summed E-state index contributed by atoms with van der Waals surface area (Å²) in [7, 11) is 0. The molecule has 1 rings (SSSR count). The molecule has 0 aliphatic carbocycles. The molecule has 0 fully saturated rings. The van der Waals surface area contributed by atoms with Crippen LogP contribution >= 0.6 is 0 Å². The van der Waals surface area contributed by atoms with Gasteiger partial charge < -0.3 is 5.32 Å². The second-order valence-electron chi connectivity index (χ2n) is 3.71. The lowest BCUT2D eigenvalue weighted by atomic mass is 10.1. The number of nitriles is 1. The summed E-state index contributed by atoms with van der Waals surface area (Å²) in [6.45, 7) is 2.87. The summed E-state index contributed by atoms with van der Waals surface area (Å²) in [5.41, 5.74) is 1.82. The van der Waals surface area contributed by atoms with Crippen LogP contribution in [0.3, 0.4) is 0 Å². The summed E-state index contributed by atoms with van der Waals surface area (Å²) in [5.74, 6) is 2.66. The van der Waals surface area contributed by atoms with Gasteiger partial charge in [-0.05, 0) is 24.1 Å². The van der Waals surface area contributed by atoms with Crippen LogP contribution in [0.2, 0.25) is 0 Å². The maximum atomic E-state index is 8.77. The number of rotatable bonds is 5. The fourth-order valence-electron chi connectivity index (χ4n) is 1.52. The third kappa shape index (κ3) is 3.77. The molecule has 82 valence electrons. The summed E-state index contributed by atoms with van der Waals surface area (Å²) >= 11 is 0. The fraction of sp³-hybridized carbons (Fsp3) is 0.357. The van der Waals surface area contributed by atoms with E-state index in [9.17, 15) is 0 Å². The average Bonchev–Trinajstić information content (AvgIpc) is 2.34. The number of nitrogens with zero attached hydrogens (tertiary/aromatic N) is 1. The first-order valence-electron chi connectivity index (χ1n) is 5.46. The molecule has 1 aromatic rings. The van der Waals surface area contributed by atoms with E-state index >= 15 is 0 Å². The Kier molecular flexibility index (Phi) is 5.12. The van der Waals surface area contributed by atoms with Crippen LogP contribution in [0, 0.1) is 23.7 Å². The van der Waals surface area contributed by atoms with E-state index in [1.54, 1.807) is 0 Å². The summed E-state index contributed by atoms with van der Waals surface area (Å²) in [5, 5.41) is 12.2. The Labute approximate surface area is 97.3 Å². The predicted molar refractivity (Wildman–Crippen MR) is 65.5 cm³/mol. The lowest BCUT2D eigenvalue weighted by Gasteiger charge is -2.14. The van der Waals surface area contributed by atoms with E-state index in [4.69, 9.17) is 11.7 Å². The van der Waals surface area contributed by atoms with Crippen LogP contribution in [0.4, 0.5) is 0 Å². The van der Waals surface area contributed by atoms with Gasteiger partial charge in [0.2, 0.25) is 0 Å². The van der Waals surface area contributed by atoms with Crippen molar-refractivity contribution in [3.8, 4) is 18.4 Å². The van der Waals surface area contributed by atoms with E-state index in [1.807, 2.05) is 24.3 Å². The molecule has 2 nitrogen and oxygen atoms in total. The van der Waals surface area contributed by atoms with Gasteiger partial charge in [-0.25, -0.2) is 0 Å². The Hall–Kier alpha value is -1.77. The third-order valence-corrected chi connectivity index (χ3v) is 2.51. The van der Waals surface area contributed by atoms with Crippen LogP contribution in [0.25, 0.3) is 0 Å². The molecule has 1 aromatic carbocycles. The van der Waals surface area contributed by atoms with Crippen molar-refractivity contribution in [2.75, 3.05) is 0 Å². The number of hydrogen-bond donors (Lipinski definition) is 1. The molecule has 1 unspecified atom stereocenters. The van der Waals surface area contributed by atoms with Gasteiger partial charge in [0.15, 0.2) is 0 Å². The Balaban J connectivity index is 2.54. The molecule has 0 amide bonds. The summed E-state index contributed by atoms with van der Waals surface area (Å²) in [4.78, 5) is 0. The van der Waals surface area contributed by atoms with Gasteiger partial charge in [-0.1, -0.05) is 19.1 Å². The van der Waals surface area contributed by atoms with Gasteiger partial charge in [-0.15, -0.1) is 12.3 Å². The van der Waals surface area contributed by atoms with Crippen LogP contribution < -0.4 is 5.32 Å². The maximum Gasteiger partial charge on any atom is 0.0991 e. The SMILES string of the molecule is C#CCC(CC)NCc1cccc(C#N)c1. The van der Waals surface area contributed by atoms with Gasteiger partial charge in [0.1, 0.15) is 0 Å². The topological polar surface area (TPSA) is 35.8 Å². The molecular weight excluding hydrogens is 196 g/mol. The molecule has 1 atom stereocenters. The molecule has 0 saturated carbocycles. The predicted octanol–water partition coefficient (Wildman–Crippen LogP) is 2.45. The highest BCUT2D eigenvalue weighted by Crippen LogP contribution is 2.05. The van der Waals surface area contributed by atoms with Crippen molar-refractivity contribution in [3.05, 3.63) is 35.4 Å². The van der Waals surface area contributed by atoms with Crippen LogP contribution in [0.15, 0.2) is 24.3 Å². The zero-order valence-corrected chi connectivity index (χ0v) is 9.53. The Morgan fingerprint density at radius 2 is 2.31 bits per heavy atom. The molecule has 0 aliphatic rings. The minimum Gasteiger partial charge on any atom is -0.309 e. The van der Waals surface area contributed by atoms with Crippen molar-refractivity contribution in [3.63, 3.8) is 0 Å². The Bertz CT molecular complexity index is 409. The normalized spacial score (nSPS) is 11.4. The number of nitrogens with one attached hydrogen (secondary N) is 1. The van der Waals surface area contributed by atoms with Crippen LogP contribution in [-0.4, -0.2) is 6.04 Å². The van der Waals surface area contributed by atoms with E-state index in [2.05, 4.69) is 24.2 Å². The molecule has 0 aromatic heterocycles. The van der Waals surface area contributed by atoms with Crippen molar-refractivity contribution in [2.24, 2.45) is 0 Å². The molecule has 2 heteroatoms. The average molecular weight is 212 g/mol. The van der Waals surface area contributed by atoms with E-state index in [0.29, 0.717) is 11.6 Å². The molecule has 0 bridgehead atoms. The van der Waals surface area contributed by atoms with E-state index < -0.39 is 0 Å². The minimum absolute atomic E-state index is 0.357. The molecule has 0 heterocycles. The van der Waals surface area contributed by atoms with Crippen molar-refractivity contribution >= 4 is 0 Å². The lowest BCUT2D eigenvalue weighted by molar-refractivity contribution is 0.507. The molecule has 0 saturated heterocycles. The Morgan fingerprint density at radius 1 is 1.50 bits per heavy atom. The van der Waals surface area contributed by atoms with E-state index in [1.165, 1.54) is 0 Å². The number of hydrogen-bond acceptors (Lipinski definition) is 2. The largest absolute Gasteiger partial charge is 0.309 e. The second-order valence-corrected chi connectivity index (χ2v) is 3.71. The summed E-state index contributed by atoms with van der Waals surface area (Å²) in [6, 6.07) is 10.1. The van der Waals surface area contributed by atoms with Crippen molar-refractivity contribution in [2.45, 2.75) is 32.4 Å². The molecule has 0 aliphatic heterocycles. The second kappa shape index (κ2) is 6.67. The Morgan fingerprint density at radius 3 is 2.94 bits per heavy atom. The highest BCUT2D eigenvalue weighted by Gasteiger charge is 2.03. The van der Waals surface area contributed by atoms with Crippen LogP contribution in [0.1, 0.15) is 30.9 Å². The van der Waals surface area contributed by atoms with Gasteiger partial charge in [0.05, 0.1) is 11.6 Å². The smallest absolute Gasteiger partial charge is 0.0991 e. The van der Waals surface area contributed by atoms with Crippen LogP contribution in [0.5, 0.6) is 0 Å². The summed E-state index contributed by atoms with van der Waals surface area (Å²) < 4.78 is 0. The van der Waals surface area contributed by atoms with Crippen molar-refractivity contribution < 1.29 is 0 Å². The molecular formula is C14H16N2. The standard InChI is InChI=1S/C14H16N2/c1-3-6-14(4-2)16-11-13-8-5-7-12(9-13)10-15/h1,5,7-9,14,16H,4,6,11H2,2H3. The van der Waals surface area contributed by atoms with Gasteiger partial charge in [-0.2, -0.15) is 5.26 Å². The first-order valence-corrected chi connectivity index (χ1v) is 5.46. The molecule has 0 spiro atoms. The maximum absolute atomic E-state index is 8.77. The van der Waals surface area contributed by atoms with E-state index in [-0.39, 0.29) is 0 Å². The molecule has 0 radical (unpaired) electrons. The van der Waals surface area contributed by atoms with Crippen molar-refractivity contribution in [1.29, 1.82) is 5.26 Å². The first kappa shape index (κ1) is 12.3. The number of terminal acetylenes is 1. The summed E-state index contributed by atoms with van der Waals surface area (Å²) in [6.07, 6.45) is 7.05. The monoisotopic (exact) mass is 212 g/mol. The highest BCUT2D eigenvalue weighted by molar-refractivity contribution is 5.32.